The number of rotatable bonds is 2. The van der Waals surface area contributed by atoms with E-state index in [1.807, 2.05) is 0 Å². The summed E-state index contributed by atoms with van der Waals surface area (Å²) in [5.41, 5.74) is 0.148. The van der Waals surface area contributed by atoms with Crippen LogP contribution >= 0.6 is 0 Å². The van der Waals surface area contributed by atoms with Crippen LogP contribution in [-0.2, 0) is 0 Å². The van der Waals surface area contributed by atoms with Crippen LogP contribution in [0.15, 0.2) is 22.7 Å². The second kappa shape index (κ2) is 3.97. The third-order valence-electron chi connectivity index (χ3n) is 2.26. The fourth-order valence-corrected chi connectivity index (χ4v) is 1.46. The molecule has 0 fully saturated rings. The summed E-state index contributed by atoms with van der Waals surface area (Å²) in [5.74, 6) is -3.41. The normalized spacial score (nSPS) is 10.5. The van der Waals surface area contributed by atoms with E-state index in [4.69, 9.17) is 9.63 Å². The molecule has 0 unspecified atom stereocenters. The second-order valence-electron chi connectivity index (χ2n) is 3.41. The van der Waals surface area contributed by atoms with Crippen LogP contribution in [-0.4, -0.2) is 16.2 Å². The molecule has 1 aromatic carbocycles. The van der Waals surface area contributed by atoms with Gasteiger partial charge in [-0.3, -0.25) is 0 Å². The molecule has 0 atom stereocenters. The molecule has 0 aliphatic carbocycles. The highest BCUT2D eigenvalue weighted by Gasteiger charge is 2.21. The van der Waals surface area contributed by atoms with Crippen LogP contribution < -0.4 is 0 Å². The predicted molar refractivity (Wildman–Crippen MR) is 53.6 cm³/mol. The summed E-state index contributed by atoms with van der Waals surface area (Å²) in [7, 11) is 0. The molecule has 2 aromatic rings. The summed E-state index contributed by atoms with van der Waals surface area (Å²) in [5, 5.41) is 12.4. The molecule has 0 bridgehead atoms. The van der Waals surface area contributed by atoms with Crippen molar-refractivity contribution in [2.24, 2.45) is 0 Å². The number of nitrogens with zero attached hydrogens (tertiary/aromatic N) is 1. The summed E-state index contributed by atoms with van der Waals surface area (Å²) in [6, 6.07) is 2.99. The first kappa shape index (κ1) is 11.3. The molecule has 0 saturated heterocycles. The molecule has 2 rings (SSSR count). The average molecular weight is 239 g/mol. The van der Waals surface area contributed by atoms with E-state index in [9.17, 15) is 13.6 Å². The number of carboxylic acids is 1. The monoisotopic (exact) mass is 239 g/mol. The van der Waals surface area contributed by atoms with Crippen molar-refractivity contribution in [3.8, 4) is 11.3 Å². The summed E-state index contributed by atoms with van der Waals surface area (Å²) in [4.78, 5) is 11.0. The van der Waals surface area contributed by atoms with E-state index in [-0.39, 0.29) is 22.6 Å². The number of carboxylic acid groups (broad SMARTS) is 1. The zero-order valence-corrected chi connectivity index (χ0v) is 8.70. The van der Waals surface area contributed by atoms with E-state index in [2.05, 4.69) is 5.16 Å². The largest absolute Gasteiger partial charge is 0.477 e. The van der Waals surface area contributed by atoms with Crippen molar-refractivity contribution in [2.75, 3.05) is 0 Å². The van der Waals surface area contributed by atoms with Gasteiger partial charge in [-0.25, -0.2) is 13.6 Å². The first-order chi connectivity index (χ1) is 8.00. The lowest BCUT2D eigenvalue weighted by molar-refractivity contribution is 0.0696. The standard InChI is InChI=1S/C11H7F2NO3/c1-5-9(11(15)16)10(17-14-5)6-2-3-7(12)8(13)4-6/h2-4H,1H3,(H,15,16). The Morgan fingerprint density at radius 3 is 2.65 bits per heavy atom. The maximum atomic E-state index is 13.0. The van der Waals surface area contributed by atoms with Gasteiger partial charge in [-0.1, -0.05) is 5.16 Å². The van der Waals surface area contributed by atoms with Crippen molar-refractivity contribution in [1.29, 1.82) is 0 Å². The molecular formula is C11H7F2NO3. The number of aromatic carboxylic acids is 1. The van der Waals surface area contributed by atoms with Gasteiger partial charge in [-0.2, -0.15) is 0 Å². The number of aromatic nitrogens is 1. The molecule has 1 N–H and O–H groups in total. The van der Waals surface area contributed by atoms with Gasteiger partial charge in [-0.15, -0.1) is 0 Å². The van der Waals surface area contributed by atoms with Crippen molar-refractivity contribution in [3.05, 3.63) is 41.1 Å². The van der Waals surface area contributed by atoms with Gasteiger partial charge in [0.2, 0.25) is 0 Å². The first-order valence-electron chi connectivity index (χ1n) is 4.65. The number of aryl methyl sites for hydroxylation is 1. The Kier molecular flexibility index (Phi) is 2.63. The van der Waals surface area contributed by atoms with Crippen molar-refractivity contribution < 1.29 is 23.2 Å². The van der Waals surface area contributed by atoms with Gasteiger partial charge in [0.05, 0.1) is 5.69 Å². The first-order valence-corrected chi connectivity index (χ1v) is 4.65. The fourth-order valence-electron chi connectivity index (χ4n) is 1.46. The van der Waals surface area contributed by atoms with Crippen LogP contribution in [0.4, 0.5) is 8.78 Å². The molecule has 6 heteroatoms. The summed E-state index contributed by atoms with van der Waals surface area (Å²) < 4.78 is 30.6. The maximum absolute atomic E-state index is 13.0. The molecule has 4 nitrogen and oxygen atoms in total. The van der Waals surface area contributed by atoms with Gasteiger partial charge >= 0.3 is 5.97 Å². The van der Waals surface area contributed by atoms with Crippen LogP contribution in [0.5, 0.6) is 0 Å². The highest BCUT2D eigenvalue weighted by Crippen LogP contribution is 2.27. The molecular weight excluding hydrogens is 232 g/mol. The number of hydrogen-bond donors (Lipinski definition) is 1. The Balaban J connectivity index is 2.60. The summed E-state index contributed by atoms with van der Waals surface area (Å²) in [6.45, 7) is 1.45. The van der Waals surface area contributed by atoms with Gasteiger partial charge in [0.1, 0.15) is 5.56 Å². The topological polar surface area (TPSA) is 63.3 Å². The van der Waals surface area contributed by atoms with E-state index < -0.39 is 17.6 Å². The average Bonchev–Trinajstić information content (AvgIpc) is 2.64. The Morgan fingerprint density at radius 2 is 2.06 bits per heavy atom. The number of benzene rings is 1. The van der Waals surface area contributed by atoms with Crippen LogP contribution in [0, 0.1) is 18.6 Å². The van der Waals surface area contributed by atoms with E-state index >= 15 is 0 Å². The third kappa shape index (κ3) is 1.89. The lowest BCUT2D eigenvalue weighted by Crippen LogP contribution is -1.99. The minimum Gasteiger partial charge on any atom is -0.477 e. The lowest BCUT2D eigenvalue weighted by atomic mass is 10.1. The Bertz CT molecular complexity index is 592. The van der Waals surface area contributed by atoms with E-state index in [1.54, 1.807) is 0 Å². The molecule has 0 amide bonds. The van der Waals surface area contributed by atoms with Gasteiger partial charge in [0.15, 0.2) is 17.4 Å². The Morgan fingerprint density at radius 1 is 1.35 bits per heavy atom. The minimum atomic E-state index is -1.23. The Labute approximate surface area is 94.5 Å². The summed E-state index contributed by atoms with van der Waals surface area (Å²) >= 11 is 0. The van der Waals surface area contributed by atoms with Crippen LogP contribution in [0.2, 0.25) is 0 Å². The molecule has 0 saturated carbocycles. The number of carbonyl (C=O) groups is 1. The van der Waals surface area contributed by atoms with Crippen molar-refractivity contribution in [2.45, 2.75) is 6.92 Å². The quantitative estimate of drug-likeness (QED) is 0.874. The van der Waals surface area contributed by atoms with Crippen molar-refractivity contribution in [1.82, 2.24) is 5.16 Å². The fraction of sp³-hybridized carbons (Fsp3) is 0.0909. The SMILES string of the molecule is Cc1noc(-c2ccc(F)c(F)c2)c1C(=O)O. The third-order valence-corrected chi connectivity index (χ3v) is 2.26. The number of hydrogen-bond acceptors (Lipinski definition) is 3. The molecule has 88 valence electrons. The Hall–Kier alpha value is -2.24. The molecule has 1 aromatic heterocycles. The van der Waals surface area contributed by atoms with E-state index in [0.717, 1.165) is 12.1 Å². The lowest BCUT2D eigenvalue weighted by Gasteiger charge is -1.99. The molecule has 0 aliphatic heterocycles. The van der Waals surface area contributed by atoms with Gasteiger partial charge in [0.25, 0.3) is 0 Å². The van der Waals surface area contributed by atoms with Gasteiger partial charge in [0, 0.05) is 5.56 Å². The minimum absolute atomic E-state index is 0.0890. The van der Waals surface area contributed by atoms with Gasteiger partial charge in [-0.05, 0) is 25.1 Å². The smallest absolute Gasteiger partial charge is 0.341 e. The maximum Gasteiger partial charge on any atom is 0.341 e. The van der Waals surface area contributed by atoms with Crippen molar-refractivity contribution in [3.63, 3.8) is 0 Å². The molecule has 0 spiro atoms. The highest BCUT2D eigenvalue weighted by atomic mass is 19.2. The molecule has 0 radical (unpaired) electrons. The van der Waals surface area contributed by atoms with Crippen LogP contribution in [0.3, 0.4) is 0 Å². The summed E-state index contributed by atoms with van der Waals surface area (Å²) in [6.07, 6.45) is 0. The molecule has 0 aliphatic rings. The highest BCUT2D eigenvalue weighted by molar-refractivity contribution is 5.95. The second-order valence-corrected chi connectivity index (χ2v) is 3.41. The zero-order valence-electron chi connectivity index (χ0n) is 8.70. The molecule has 1 heterocycles. The van der Waals surface area contributed by atoms with Crippen LogP contribution in [0.1, 0.15) is 16.1 Å². The van der Waals surface area contributed by atoms with Gasteiger partial charge < -0.3 is 9.63 Å². The van der Waals surface area contributed by atoms with E-state index in [0.29, 0.717) is 0 Å². The molecule has 17 heavy (non-hydrogen) atoms. The predicted octanol–water partition coefficient (Wildman–Crippen LogP) is 2.63. The number of halogens is 2. The van der Waals surface area contributed by atoms with Crippen molar-refractivity contribution >= 4 is 5.97 Å². The zero-order chi connectivity index (χ0) is 12.6. The van der Waals surface area contributed by atoms with Crippen LogP contribution in [0.25, 0.3) is 11.3 Å². The van der Waals surface area contributed by atoms with E-state index in [1.165, 1.54) is 13.0 Å².